The fourth-order valence-electron chi connectivity index (χ4n) is 1.89. The maximum absolute atomic E-state index is 12.0. The fourth-order valence-corrected chi connectivity index (χ4v) is 1.89. The number of carboxylic acid groups (broad SMARTS) is 1. The number of hydrogen-bond donors (Lipinski definition) is 3. The van der Waals surface area contributed by atoms with E-state index in [1.807, 2.05) is 0 Å². The quantitative estimate of drug-likeness (QED) is 0.778. The van der Waals surface area contributed by atoms with Crippen molar-refractivity contribution in [3.05, 3.63) is 46.2 Å². The molecule has 0 aliphatic heterocycles. The number of H-pyrrole nitrogens is 1. The predicted molar refractivity (Wildman–Crippen MR) is 73.7 cm³/mol. The fraction of sp³-hybridized carbons (Fsp3) is 0.214. The molecule has 2 rings (SSSR count). The third kappa shape index (κ3) is 2.69. The summed E-state index contributed by atoms with van der Waals surface area (Å²) in [5.41, 5.74) is 0.301. The maximum Gasteiger partial charge on any atom is 0.326 e. The Morgan fingerprint density at radius 1 is 1.35 bits per heavy atom. The zero-order valence-corrected chi connectivity index (χ0v) is 10.8. The van der Waals surface area contributed by atoms with Crippen LogP contribution in [0.3, 0.4) is 0 Å². The Labute approximate surface area is 114 Å². The van der Waals surface area contributed by atoms with E-state index in [1.165, 1.54) is 6.07 Å². The molecular formula is C14H14N2O4. The molecule has 6 heteroatoms. The molecule has 3 N–H and O–H groups in total. The van der Waals surface area contributed by atoms with Crippen LogP contribution in [0.5, 0.6) is 0 Å². The number of carbonyl (C=O) groups excluding carboxylic acids is 1. The van der Waals surface area contributed by atoms with Crippen LogP contribution in [0.4, 0.5) is 0 Å². The number of pyridine rings is 1. The minimum Gasteiger partial charge on any atom is -0.480 e. The minimum absolute atomic E-state index is 0.0494. The average Bonchev–Trinajstić information content (AvgIpc) is 2.44. The summed E-state index contributed by atoms with van der Waals surface area (Å²) in [5.74, 6) is -1.72. The van der Waals surface area contributed by atoms with Crippen LogP contribution in [-0.2, 0) is 4.79 Å². The summed E-state index contributed by atoms with van der Waals surface area (Å²) in [4.78, 5) is 37.6. The molecule has 1 atom stereocenters. The normalized spacial score (nSPS) is 12.1. The van der Waals surface area contributed by atoms with E-state index in [9.17, 15) is 14.4 Å². The number of para-hydroxylation sites is 1. The van der Waals surface area contributed by atoms with Gasteiger partial charge < -0.3 is 15.4 Å². The van der Waals surface area contributed by atoms with E-state index in [0.717, 1.165) is 0 Å². The number of carbonyl (C=O) groups is 2. The molecule has 0 aliphatic rings. The average molecular weight is 274 g/mol. The van der Waals surface area contributed by atoms with Crippen LogP contribution in [0.1, 0.15) is 23.8 Å². The Bertz CT molecular complexity index is 720. The van der Waals surface area contributed by atoms with Gasteiger partial charge in [-0.15, -0.1) is 0 Å². The monoisotopic (exact) mass is 274 g/mol. The Balaban J connectivity index is 2.36. The van der Waals surface area contributed by atoms with E-state index in [4.69, 9.17) is 5.11 Å². The first-order chi connectivity index (χ1) is 9.52. The molecule has 0 radical (unpaired) electrons. The van der Waals surface area contributed by atoms with Gasteiger partial charge >= 0.3 is 5.97 Å². The van der Waals surface area contributed by atoms with Gasteiger partial charge in [0.05, 0.1) is 0 Å². The maximum atomic E-state index is 12.0. The van der Waals surface area contributed by atoms with Crippen molar-refractivity contribution in [1.82, 2.24) is 10.3 Å². The Morgan fingerprint density at radius 3 is 2.70 bits per heavy atom. The van der Waals surface area contributed by atoms with Gasteiger partial charge in [0.15, 0.2) is 5.43 Å². The van der Waals surface area contributed by atoms with Crippen LogP contribution in [0.25, 0.3) is 10.9 Å². The van der Waals surface area contributed by atoms with E-state index in [-0.39, 0.29) is 17.5 Å². The molecule has 0 bridgehead atoms. The highest BCUT2D eigenvalue weighted by molar-refractivity contribution is 5.96. The Hall–Kier alpha value is -2.63. The first kappa shape index (κ1) is 13.8. The standard InChI is InChI=1S/C14H14N2O4/c1-2-9(14(19)20)16-13(18)11-7-12(17)8-5-3-4-6-10(8)15-11/h3-7,9H,2H2,1H3,(H,15,17)(H,16,18)(H,19,20). The number of aromatic amines is 1. The first-order valence-electron chi connectivity index (χ1n) is 6.18. The molecule has 0 aliphatic carbocycles. The number of amides is 1. The van der Waals surface area contributed by atoms with Gasteiger partial charge in [-0.25, -0.2) is 4.79 Å². The summed E-state index contributed by atoms with van der Waals surface area (Å²) in [6.07, 6.45) is 0.263. The van der Waals surface area contributed by atoms with Gasteiger partial charge in [0.1, 0.15) is 11.7 Å². The molecular weight excluding hydrogens is 260 g/mol. The van der Waals surface area contributed by atoms with Crippen LogP contribution >= 0.6 is 0 Å². The summed E-state index contributed by atoms with van der Waals surface area (Å²) in [6.45, 7) is 1.65. The molecule has 0 saturated heterocycles. The lowest BCUT2D eigenvalue weighted by atomic mass is 10.1. The SMILES string of the molecule is CCC(NC(=O)c1cc(=O)c2ccccc2[nH]1)C(=O)O. The van der Waals surface area contributed by atoms with Crippen LogP contribution in [0, 0.1) is 0 Å². The highest BCUT2D eigenvalue weighted by atomic mass is 16.4. The van der Waals surface area contributed by atoms with Gasteiger partial charge in [0, 0.05) is 17.0 Å². The van der Waals surface area contributed by atoms with Gasteiger partial charge in [-0.3, -0.25) is 9.59 Å². The van der Waals surface area contributed by atoms with E-state index in [1.54, 1.807) is 31.2 Å². The zero-order chi connectivity index (χ0) is 14.7. The summed E-state index contributed by atoms with van der Waals surface area (Å²) >= 11 is 0. The zero-order valence-electron chi connectivity index (χ0n) is 10.8. The lowest BCUT2D eigenvalue weighted by Gasteiger charge is -2.12. The van der Waals surface area contributed by atoms with Crippen molar-refractivity contribution >= 4 is 22.8 Å². The van der Waals surface area contributed by atoms with Crippen molar-refractivity contribution in [3.8, 4) is 0 Å². The van der Waals surface area contributed by atoms with Crippen LogP contribution in [0.15, 0.2) is 35.1 Å². The third-order valence-electron chi connectivity index (χ3n) is 2.99. The van der Waals surface area contributed by atoms with Crippen molar-refractivity contribution in [3.63, 3.8) is 0 Å². The topological polar surface area (TPSA) is 99.3 Å². The van der Waals surface area contributed by atoms with Gasteiger partial charge in [0.2, 0.25) is 0 Å². The molecule has 0 fully saturated rings. The summed E-state index contributed by atoms with van der Waals surface area (Å²) in [5, 5.41) is 11.8. The number of rotatable bonds is 4. The van der Waals surface area contributed by atoms with Gasteiger partial charge in [-0.2, -0.15) is 0 Å². The van der Waals surface area contributed by atoms with Gasteiger partial charge in [0.25, 0.3) is 5.91 Å². The Kier molecular flexibility index (Phi) is 3.84. The van der Waals surface area contributed by atoms with Crippen molar-refractivity contribution in [2.45, 2.75) is 19.4 Å². The smallest absolute Gasteiger partial charge is 0.326 e. The number of nitrogens with one attached hydrogen (secondary N) is 2. The van der Waals surface area contributed by atoms with Crippen LogP contribution in [-0.4, -0.2) is 28.0 Å². The molecule has 1 aromatic carbocycles. The van der Waals surface area contributed by atoms with Crippen molar-refractivity contribution in [2.24, 2.45) is 0 Å². The van der Waals surface area contributed by atoms with Crippen molar-refractivity contribution in [2.75, 3.05) is 0 Å². The lowest BCUT2D eigenvalue weighted by molar-refractivity contribution is -0.139. The molecule has 1 amide bonds. The number of hydrogen-bond acceptors (Lipinski definition) is 3. The molecule has 0 saturated carbocycles. The van der Waals surface area contributed by atoms with E-state index < -0.39 is 17.9 Å². The lowest BCUT2D eigenvalue weighted by Crippen LogP contribution is -2.40. The highest BCUT2D eigenvalue weighted by Crippen LogP contribution is 2.07. The summed E-state index contributed by atoms with van der Waals surface area (Å²) in [7, 11) is 0. The number of fused-ring (bicyclic) bond motifs is 1. The number of aromatic nitrogens is 1. The molecule has 1 heterocycles. The van der Waals surface area contributed by atoms with Crippen LogP contribution < -0.4 is 10.7 Å². The van der Waals surface area contributed by atoms with Gasteiger partial charge in [-0.1, -0.05) is 19.1 Å². The number of carboxylic acids is 1. The van der Waals surface area contributed by atoms with E-state index >= 15 is 0 Å². The second-order valence-corrected chi connectivity index (χ2v) is 4.37. The first-order valence-corrected chi connectivity index (χ1v) is 6.18. The largest absolute Gasteiger partial charge is 0.480 e. The molecule has 6 nitrogen and oxygen atoms in total. The third-order valence-corrected chi connectivity index (χ3v) is 2.99. The van der Waals surface area contributed by atoms with Crippen LogP contribution in [0.2, 0.25) is 0 Å². The van der Waals surface area contributed by atoms with Crippen molar-refractivity contribution < 1.29 is 14.7 Å². The Morgan fingerprint density at radius 2 is 2.05 bits per heavy atom. The molecule has 1 unspecified atom stereocenters. The molecule has 104 valence electrons. The predicted octanol–water partition coefficient (Wildman–Crippen LogP) is 1.12. The minimum atomic E-state index is -1.11. The second kappa shape index (κ2) is 5.56. The molecule has 0 spiro atoms. The summed E-state index contributed by atoms with van der Waals surface area (Å²) in [6, 6.07) is 7.01. The highest BCUT2D eigenvalue weighted by Gasteiger charge is 2.19. The molecule has 2 aromatic rings. The van der Waals surface area contributed by atoms with Gasteiger partial charge in [-0.05, 0) is 18.6 Å². The van der Waals surface area contributed by atoms with E-state index in [2.05, 4.69) is 10.3 Å². The molecule has 20 heavy (non-hydrogen) atoms. The number of benzene rings is 1. The summed E-state index contributed by atoms with van der Waals surface area (Å²) < 4.78 is 0. The number of aliphatic carboxylic acids is 1. The van der Waals surface area contributed by atoms with Crippen molar-refractivity contribution in [1.29, 1.82) is 0 Å². The van der Waals surface area contributed by atoms with E-state index in [0.29, 0.717) is 10.9 Å². The second-order valence-electron chi connectivity index (χ2n) is 4.37. The molecule has 1 aromatic heterocycles.